The van der Waals surface area contributed by atoms with Crippen LogP contribution in [0.25, 0.3) is 6.08 Å². The molecule has 1 atom stereocenters. The minimum Gasteiger partial charge on any atom is -0.467 e. The summed E-state index contributed by atoms with van der Waals surface area (Å²) in [4.78, 5) is 14.9. The first kappa shape index (κ1) is 19.0. The molecule has 148 valence electrons. The van der Waals surface area contributed by atoms with Crippen molar-refractivity contribution in [1.82, 2.24) is 9.62 Å². The lowest BCUT2D eigenvalue weighted by molar-refractivity contribution is -0.129. The van der Waals surface area contributed by atoms with E-state index in [0.29, 0.717) is 0 Å². The van der Waals surface area contributed by atoms with Crippen molar-refractivity contribution < 1.29 is 17.6 Å². The van der Waals surface area contributed by atoms with Gasteiger partial charge in [-0.3, -0.25) is 4.79 Å². The summed E-state index contributed by atoms with van der Waals surface area (Å²) in [6, 6.07) is 10.5. The zero-order valence-electron chi connectivity index (χ0n) is 15.7. The molecule has 7 heteroatoms. The molecular weight excluding hydrogens is 376 g/mol. The Bertz CT molecular complexity index is 956. The molecule has 1 aromatic heterocycles. The first-order valence-electron chi connectivity index (χ1n) is 9.60. The van der Waals surface area contributed by atoms with Crippen LogP contribution in [0.15, 0.2) is 58.1 Å². The van der Waals surface area contributed by atoms with Gasteiger partial charge in [0.05, 0.1) is 17.2 Å². The predicted molar refractivity (Wildman–Crippen MR) is 106 cm³/mol. The number of furan rings is 1. The van der Waals surface area contributed by atoms with Gasteiger partial charge in [-0.25, -0.2) is 13.1 Å². The summed E-state index contributed by atoms with van der Waals surface area (Å²) in [5, 5.41) is 0. The first-order chi connectivity index (χ1) is 13.4. The van der Waals surface area contributed by atoms with Crippen molar-refractivity contribution in [2.45, 2.75) is 55.6 Å². The lowest BCUT2D eigenvalue weighted by Crippen LogP contribution is -2.34. The largest absolute Gasteiger partial charge is 0.467 e. The summed E-state index contributed by atoms with van der Waals surface area (Å²) >= 11 is 0. The van der Waals surface area contributed by atoms with Crippen LogP contribution >= 0.6 is 0 Å². The summed E-state index contributed by atoms with van der Waals surface area (Å²) in [6.45, 7) is 1.97. The van der Waals surface area contributed by atoms with Gasteiger partial charge >= 0.3 is 0 Å². The van der Waals surface area contributed by atoms with Gasteiger partial charge in [0.25, 0.3) is 0 Å². The van der Waals surface area contributed by atoms with Crippen molar-refractivity contribution in [3.63, 3.8) is 0 Å². The molecular formula is C21H24N2O4S. The molecule has 2 saturated carbocycles. The minimum atomic E-state index is -3.46. The number of nitrogens with one attached hydrogen (secondary N) is 1. The van der Waals surface area contributed by atoms with E-state index in [0.717, 1.165) is 37.0 Å². The molecule has 1 heterocycles. The van der Waals surface area contributed by atoms with Crippen LogP contribution < -0.4 is 4.72 Å². The van der Waals surface area contributed by atoms with Gasteiger partial charge in [-0.2, -0.15) is 0 Å². The molecule has 1 amide bonds. The Morgan fingerprint density at radius 3 is 2.46 bits per heavy atom. The molecule has 2 aliphatic carbocycles. The van der Waals surface area contributed by atoms with Crippen LogP contribution in [0.5, 0.6) is 0 Å². The number of benzene rings is 1. The lowest BCUT2D eigenvalue weighted by atomic mass is 10.2. The molecule has 2 fully saturated rings. The van der Waals surface area contributed by atoms with E-state index in [1.165, 1.54) is 0 Å². The molecule has 0 spiro atoms. The molecule has 0 saturated heterocycles. The number of carbonyl (C=O) groups is 1. The second kappa shape index (κ2) is 7.56. The molecule has 0 aliphatic heterocycles. The van der Waals surface area contributed by atoms with E-state index in [1.54, 1.807) is 42.7 Å². The summed E-state index contributed by atoms with van der Waals surface area (Å²) < 4.78 is 32.6. The topological polar surface area (TPSA) is 79.6 Å². The van der Waals surface area contributed by atoms with E-state index < -0.39 is 10.0 Å². The van der Waals surface area contributed by atoms with Crippen molar-refractivity contribution in [1.29, 1.82) is 0 Å². The summed E-state index contributed by atoms with van der Waals surface area (Å²) in [6.07, 6.45) is 8.69. The van der Waals surface area contributed by atoms with E-state index in [2.05, 4.69) is 4.72 Å². The van der Waals surface area contributed by atoms with E-state index in [1.807, 2.05) is 24.0 Å². The van der Waals surface area contributed by atoms with Gasteiger partial charge in [-0.05, 0) is 68.5 Å². The molecule has 28 heavy (non-hydrogen) atoms. The Morgan fingerprint density at radius 2 is 1.89 bits per heavy atom. The Labute approximate surface area is 165 Å². The Morgan fingerprint density at radius 1 is 1.18 bits per heavy atom. The molecule has 6 nitrogen and oxygen atoms in total. The number of sulfonamides is 1. The second-order valence-electron chi connectivity index (χ2n) is 7.47. The van der Waals surface area contributed by atoms with Crippen LogP contribution in [0.2, 0.25) is 0 Å². The highest BCUT2D eigenvalue weighted by Crippen LogP contribution is 2.34. The molecule has 1 unspecified atom stereocenters. The van der Waals surface area contributed by atoms with Crippen molar-refractivity contribution >= 4 is 22.0 Å². The standard InChI is InChI=1S/C21H24N2O4S/c1-15(20-3-2-14-27-20)23(18-9-10-18)21(24)13-6-16-4-11-19(12-5-16)28(25,26)22-17-7-8-17/h2-6,11-15,17-18,22H,7-10H2,1H3. The lowest BCUT2D eigenvalue weighted by Gasteiger charge is -2.26. The van der Waals surface area contributed by atoms with E-state index >= 15 is 0 Å². The van der Waals surface area contributed by atoms with Gasteiger partial charge in [0, 0.05) is 18.2 Å². The molecule has 1 N–H and O–H groups in total. The van der Waals surface area contributed by atoms with Gasteiger partial charge in [-0.15, -0.1) is 0 Å². The highest BCUT2D eigenvalue weighted by atomic mass is 32.2. The number of rotatable bonds is 8. The maximum absolute atomic E-state index is 12.8. The third-order valence-electron chi connectivity index (χ3n) is 5.07. The predicted octanol–water partition coefficient (Wildman–Crippen LogP) is 3.49. The Kier molecular flexibility index (Phi) is 5.12. The van der Waals surface area contributed by atoms with Crippen LogP contribution in [-0.2, 0) is 14.8 Å². The molecule has 2 aliphatic rings. The second-order valence-corrected chi connectivity index (χ2v) is 9.18. The SMILES string of the molecule is CC(c1ccco1)N(C(=O)C=Cc1ccc(S(=O)(=O)NC2CC2)cc1)C1CC1. The molecule has 0 radical (unpaired) electrons. The Hall–Kier alpha value is -2.38. The molecule has 4 rings (SSSR count). The minimum absolute atomic E-state index is 0.0708. The van der Waals surface area contributed by atoms with Gasteiger partial charge < -0.3 is 9.32 Å². The third-order valence-corrected chi connectivity index (χ3v) is 6.61. The summed E-state index contributed by atoms with van der Waals surface area (Å²) in [5.74, 6) is 0.699. The smallest absolute Gasteiger partial charge is 0.247 e. The first-order valence-corrected chi connectivity index (χ1v) is 11.1. The fourth-order valence-electron chi connectivity index (χ4n) is 3.21. The van der Waals surface area contributed by atoms with Crippen molar-refractivity contribution in [2.75, 3.05) is 0 Å². The Balaban J connectivity index is 1.44. The highest BCUT2D eigenvalue weighted by molar-refractivity contribution is 7.89. The molecule has 1 aromatic carbocycles. The van der Waals surface area contributed by atoms with Crippen molar-refractivity contribution in [3.8, 4) is 0 Å². The average molecular weight is 401 g/mol. The van der Waals surface area contributed by atoms with Crippen LogP contribution in [0.1, 0.15) is 50.0 Å². The van der Waals surface area contributed by atoms with E-state index in [-0.39, 0.29) is 28.9 Å². The van der Waals surface area contributed by atoms with Gasteiger partial charge in [-0.1, -0.05) is 12.1 Å². The average Bonchev–Trinajstić information content (AvgIpc) is 3.61. The number of hydrogen-bond acceptors (Lipinski definition) is 4. The van der Waals surface area contributed by atoms with E-state index in [4.69, 9.17) is 4.42 Å². The van der Waals surface area contributed by atoms with Crippen LogP contribution in [0.3, 0.4) is 0 Å². The zero-order chi connectivity index (χ0) is 19.7. The molecule has 0 bridgehead atoms. The molecule has 2 aromatic rings. The number of hydrogen-bond donors (Lipinski definition) is 1. The number of carbonyl (C=O) groups excluding carboxylic acids is 1. The van der Waals surface area contributed by atoms with Crippen LogP contribution in [0.4, 0.5) is 0 Å². The van der Waals surface area contributed by atoms with Crippen LogP contribution in [-0.4, -0.2) is 31.3 Å². The zero-order valence-corrected chi connectivity index (χ0v) is 16.6. The van der Waals surface area contributed by atoms with Gasteiger partial charge in [0.2, 0.25) is 15.9 Å². The number of nitrogens with zero attached hydrogens (tertiary/aromatic N) is 1. The van der Waals surface area contributed by atoms with Crippen molar-refractivity contribution in [3.05, 3.63) is 60.1 Å². The van der Waals surface area contributed by atoms with Crippen molar-refractivity contribution in [2.24, 2.45) is 0 Å². The van der Waals surface area contributed by atoms with Gasteiger partial charge in [0.15, 0.2) is 0 Å². The fraction of sp³-hybridized carbons (Fsp3) is 0.381. The van der Waals surface area contributed by atoms with E-state index in [9.17, 15) is 13.2 Å². The highest BCUT2D eigenvalue weighted by Gasteiger charge is 2.36. The quantitative estimate of drug-likeness (QED) is 0.688. The third kappa shape index (κ3) is 4.36. The summed E-state index contributed by atoms with van der Waals surface area (Å²) in [5.41, 5.74) is 0.778. The normalized spacial score (nSPS) is 18.3. The fourth-order valence-corrected chi connectivity index (χ4v) is 4.51. The van der Waals surface area contributed by atoms with Gasteiger partial charge in [0.1, 0.15) is 5.76 Å². The summed E-state index contributed by atoms with van der Waals surface area (Å²) in [7, 11) is -3.46. The monoisotopic (exact) mass is 400 g/mol. The maximum Gasteiger partial charge on any atom is 0.247 e. The van der Waals surface area contributed by atoms with Crippen LogP contribution in [0, 0.1) is 0 Å². The maximum atomic E-state index is 12.8. The number of amides is 1.